The molecule has 1 aromatic heterocycles. The predicted octanol–water partition coefficient (Wildman–Crippen LogP) is 0.924. The number of nitrogens with two attached hydrogens (primary N) is 1. The first-order valence-corrected chi connectivity index (χ1v) is 7.11. The summed E-state index contributed by atoms with van der Waals surface area (Å²) in [6, 6.07) is 2.29. The summed E-state index contributed by atoms with van der Waals surface area (Å²) in [7, 11) is 0. The summed E-state index contributed by atoms with van der Waals surface area (Å²) in [5.41, 5.74) is 3.71. The second-order valence-corrected chi connectivity index (χ2v) is 5.15. The van der Waals surface area contributed by atoms with E-state index in [2.05, 4.69) is 29.2 Å². The number of hydrazine groups is 1. The van der Waals surface area contributed by atoms with Gasteiger partial charge in [-0.05, 0) is 19.4 Å². The third kappa shape index (κ3) is 3.08. The second kappa shape index (κ2) is 6.67. The number of hydrogen-bond donors (Lipinski definition) is 2. The molecule has 2 heterocycles. The van der Waals surface area contributed by atoms with Crippen LogP contribution < -0.4 is 11.3 Å². The maximum atomic E-state index is 12.5. The van der Waals surface area contributed by atoms with E-state index in [0.717, 1.165) is 32.6 Å². The Kier molecular flexibility index (Phi) is 4.92. The van der Waals surface area contributed by atoms with Gasteiger partial charge in [-0.15, -0.1) is 0 Å². The molecule has 6 heteroatoms. The van der Waals surface area contributed by atoms with Crippen molar-refractivity contribution >= 4 is 11.6 Å². The van der Waals surface area contributed by atoms with E-state index in [1.165, 1.54) is 0 Å². The third-order valence-electron chi connectivity index (χ3n) is 4.02. The first kappa shape index (κ1) is 14.7. The maximum absolute atomic E-state index is 12.5. The van der Waals surface area contributed by atoms with E-state index >= 15 is 0 Å². The van der Waals surface area contributed by atoms with Crippen LogP contribution in [0, 0.1) is 0 Å². The summed E-state index contributed by atoms with van der Waals surface area (Å²) in [6.07, 6.45) is 4.32. The molecule has 0 saturated carbocycles. The van der Waals surface area contributed by atoms with Gasteiger partial charge in [-0.2, -0.15) is 0 Å². The molecule has 1 aliphatic rings. The van der Waals surface area contributed by atoms with Crippen LogP contribution in [-0.2, 0) is 0 Å². The molecule has 0 radical (unpaired) electrons. The predicted molar refractivity (Wildman–Crippen MR) is 79.3 cm³/mol. The van der Waals surface area contributed by atoms with Crippen molar-refractivity contribution in [1.29, 1.82) is 0 Å². The van der Waals surface area contributed by atoms with Gasteiger partial charge in [0.15, 0.2) is 0 Å². The average molecular weight is 277 g/mol. The van der Waals surface area contributed by atoms with E-state index in [1.54, 1.807) is 18.5 Å². The van der Waals surface area contributed by atoms with E-state index in [4.69, 9.17) is 5.84 Å². The minimum atomic E-state index is -0.00477. The lowest BCUT2D eigenvalue weighted by molar-refractivity contribution is 0.0580. The molecule has 110 valence electrons. The Morgan fingerprint density at radius 1 is 1.45 bits per heavy atom. The lowest BCUT2D eigenvalue weighted by atomic mass is 10.1. The van der Waals surface area contributed by atoms with Crippen molar-refractivity contribution in [3.05, 3.63) is 24.0 Å². The topological polar surface area (TPSA) is 74.5 Å². The molecule has 3 N–H and O–H groups in total. The smallest absolute Gasteiger partial charge is 0.257 e. The van der Waals surface area contributed by atoms with Crippen molar-refractivity contribution in [3.8, 4) is 0 Å². The Balaban J connectivity index is 2.01. The van der Waals surface area contributed by atoms with E-state index in [-0.39, 0.29) is 5.91 Å². The number of rotatable bonds is 4. The van der Waals surface area contributed by atoms with E-state index in [1.807, 2.05) is 4.90 Å². The van der Waals surface area contributed by atoms with Crippen molar-refractivity contribution < 1.29 is 4.79 Å². The number of nitrogens with one attached hydrogen (secondary N) is 1. The molecular formula is C14H23N5O. The van der Waals surface area contributed by atoms with Gasteiger partial charge in [0.25, 0.3) is 5.91 Å². The molecule has 20 heavy (non-hydrogen) atoms. The fourth-order valence-corrected chi connectivity index (χ4v) is 2.49. The molecule has 1 fully saturated rings. The van der Waals surface area contributed by atoms with Crippen LogP contribution in [0.2, 0.25) is 0 Å². The Bertz CT molecular complexity index is 457. The van der Waals surface area contributed by atoms with Crippen molar-refractivity contribution in [3.63, 3.8) is 0 Å². The Morgan fingerprint density at radius 2 is 2.15 bits per heavy atom. The lowest BCUT2D eigenvalue weighted by Crippen LogP contribution is -2.51. The molecule has 1 unspecified atom stereocenters. The number of amides is 1. The highest BCUT2D eigenvalue weighted by atomic mass is 16.2. The molecule has 1 atom stereocenters. The molecule has 6 nitrogen and oxygen atoms in total. The van der Waals surface area contributed by atoms with Crippen LogP contribution in [0.3, 0.4) is 0 Å². The number of carbonyl (C=O) groups is 1. The summed E-state index contributed by atoms with van der Waals surface area (Å²) in [4.78, 5) is 20.8. The van der Waals surface area contributed by atoms with Gasteiger partial charge >= 0.3 is 0 Å². The van der Waals surface area contributed by atoms with Gasteiger partial charge in [-0.25, -0.2) is 0 Å². The number of anilines is 1. The largest absolute Gasteiger partial charge is 0.336 e. The fraction of sp³-hybridized carbons (Fsp3) is 0.571. The molecule has 1 saturated heterocycles. The molecule has 1 aliphatic heterocycles. The van der Waals surface area contributed by atoms with Crippen LogP contribution in [0.5, 0.6) is 0 Å². The number of hydrogen-bond acceptors (Lipinski definition) is 5. The summed E-state index contributed by atoms with van der Waals surface area (Å²) in [5.74, 6) is 5.44. The van der Waals surface area contributed by atoms with Gasteiger partial charge in [-0.1, -0.05) is 6.92 Å². The number of pyridine rings is 1. The van der Waals surface area contributed by atoms with Crippen molar-refractivity contribution in [1.82, 2.24) is 14.8 Å². The molecule has 1 amide bonds. The number of nitrogens with zero attached hydrogens (tertiary/aromatic N) is 3. The highest BCUT2D eigenvalue weighted by Crippen LogP contribution is 2.17. The molecule has 0 aliphatic carbocycles. The number of nitrogen functional groups attached to an aromatic ring is 1. The van der Waals surface area contributed by atoms with E-state index in [0.29, 0.717) is 17.3 Å². The molecule has 0 aromatic carbocycles. The van der Waals surface area contributed by atoms with Gasteiger partial charge in [0.1, 0.15) is 0 Å². The highest BCUT2D eigenvalue weighted by molar-refractivity contribution is 5.99. The van der Waals surface area contributed by atoms with Crippen LogP contribution >= 0.6 is 0 Å². The summed E-state index contributed by atoms with van der Waals surface area (Å²) in [5, 5.41) is 0. The van der Waals surface area contributed by atoms with Gasteiger partial charge < -0.3 is 10.3 Å². The van der Waals surface area contributed by atoms with Gasteiger partial charge in [0, 0.05) is 44.6 Å². The second-order valence-electron chi connectivity index (χ2n) is 5.15. The number of carbonyl (C=O) groups excluding carboxylic acids is 1. The van der Waals surface area contributed by atoms with Crippen LogP contribution in [0.1, 0.15) is 30.6 Å². The average Bonchev–Trinajstić information content (AvgIpc) is 2.53. The van der Waals surface area contributed by atoms with Crippen molar-refractivity contribution in [2.75, 3.05) is 31.6 Å². The normalized spacial score (nSPS) is 17.9. The first-order chi connectivity index (χ1) is 9.67. The first-order valence-electron chi connectivity index (χ1n) is 7.11. The SMILES string of the molecule is CCC(C)N1CCN(C(=O)c2cnccc2NN)CC1. The van der Waals surface area contributed by atoms with E-state index in [9.17, 15) is 4.79 Å². The zero-order valence-electron chi connectivity index (χ0n) is 12.2. The van der Waals surface area contributed by atoms with Gasteiger partial charge in [-0.3, -0.25) is 20.5 Å². The van der Waals surface area contributed by atoms with Crippen molar-refractivity contribution in [2.45, 2.75) is 26.3 Å². The summed E-state index contributed by atoms with van der Waals surface area (Å²) < 4.78 is 0. The van der Waals surface area contributed by atoms with E-state index < -0.39 is 0 Å². The van der Waals surface area contributed by atoms with Gasteiger partial charge in [0.05, 0.1) is 11.3 Å². The monoisotopic (exact) mass is 277 g/mol. The zero-order chi connectivity index (χ0) is 14.5. The van der Waals surface area contributed by atoms with Gasteiger partial charge in [0.2, 0.25) is 0 Å². The maximum Gasteiger partial charge on any atom is 0.257 e. The quantitative estimate of drug-likeness (QED) is 0.632. The van der Waals surface area contributed by atoms with Crippen LogP contribution in [0.4, 0.5) is 5.69 Å². The van der Waals surface area contributed by atoms with Crippen molar-refractivity contribution in [2.24, 2.45) is 5.84 Å². The zero-order valence-corrected chi connectivity index (χ0v) is 12.2. The summed E-state index contributed by atoms with van der Waals surface area (Å²) >= 11 is 0. The molecule has 0 spiro atoms. The number of aromatic nitrogens is 1. The van der Waals surface area contributed by atoms with Crippen LogP contribution in [-0.4, -0.2) is 52.9 Å². The third-order valence-corrected chi connectivity index (χ3v) is 4.02. The standard InChI is InChI=1S/C14H23N5O/c1-3-11(2)18-6-8-19(9-7-18)14(20)12-10-16-5-4-13(12)17-15/h4-5,10-11H,3,6-9,15H2,1-2H3,(H,16,17). The Labute approximate surface area is 119 Å². The fourth-order valence-electron chi connectivity index (χ4n) is 2.49. The highest BCUT2D eigenvalue weighted by Gasteiger charge is 2.25. The molecule has 0 bridgehead atoms. The number of piperazine rings is 1. The molecular weight excluding hydrogens is 254 g/mol. The summed E-state index contributed by atoms with van der Waals surface area (Å²) in [6.45, 7) is 7.77. The van der Waals surface area contributed by atoms with Crippen LogP contribution in [0.25, 0.3) is 0 Å². The molecule has 2 rings (SSSR count). The minimum Gasteiger partial charge on any atom is -0.336 e. The lowest BCUT2D eigenvalue weighted by Gasteiger charge is -2.38. The minimum absolute atomic E-state index is 0.00477. The Morgan fingerprint density at radius 3 is 2.75 bits per heavy atom. The Hall–Kier alpha value is -1.66. The molecule has 1 aromatic rings. The van der Waals surface area contributed by atoms with Crippen LogP contribution in [0.15, 0.2) is 18.5 Å².